The minimum absolute atomic E-state index is 0.396. The van der Waals surface area contributed by atoms with Crippen molar-refractivity contribution in [2.75, 3.05) is 37.8 Å². The molecule has 21 heavy (non-hydrogen) atoms. The number of nitrogens with one attached hydrogen (secondary N) is 2. The van der Waals surface area contributed by atoms with Gasteiger partial charge in [-0.1, -0.05) is 20.8 Å². The van der Waals surface area contributed by atoms with E-state index in [9.17, 15) is 0 Å². The topological polar surface area (TPSA) is 53.1 Å². The molecule has 0 aliphatic rings. The summed E-state index contributed by atoms with van der Waals surface area (Å²) >= 11 is 0. The van der Waals surface area contributed by atoms with Crippen LogP contribution in [0.1, 0.15) is 39.2 Å². The Labute approximate surface area is 129 Å². The predicted molar refractivity (Wildman–Crippen MR) is 91.0 cm³/mol. The Bertz CT molecular complexity index is 407. The first kappa shape index (κ1) is 17.7. The lowest BCUT2D eigenvalue weighted by Crippen LogP contribution is -2.34. The van der Waals surface area contributed by atoms with Crippen LogP contribution in [0.3, 0.4) is 0 Å². The van der Waals surface area contributed by atoms with Crippen LogP contribution in [0.4, 0.5) is 11.8 Å². The summed E-state index contributed by atoms with van der Waals surface area (Å²) in [5, 5.41) is 6.84. The number of anilines is 2. The first-order valence-corrected chi connectivity index (χ1v) is 7.91. The molecular formula is C16H31N5. The van der Waals surface area contributed by atoms with Crippen LogP contribution in [0, 0.1) is 12.8 Å². The van der Waals surface area contributed by atoms with Crippen LogP contribution in [0.5, 0.6) is 0 Å². The molecule has 0 aromatic carbocycles. The van der Waals surface area contributed by atoms with Gasteiger partial charge in [-0.05, 0) is 39.8 Å². The van der Waals surface area contributed by atoms with Crippen molar-refractivity contribution >= 4 is 11.8 Å². The second-order valence-corrected chi connectivity index (χ2v) is 6.39. The number of nitrogens with zero attached hydrogens (tertiary/aromatic N) is 3. The van der Waals surface area contributed by atoms with E-state index in [-0.39, 0.29) is 0 Å². The van der Waals surface area contributed by atoms with Gasteiger partial charge >= 0.3 is 0 Å². The summed E-state index contributed by atoms with van der Waals surface area (Å²) in [6, 6.07) is 0.396. The third kappa shape index (κ3) is 6.76. The molecule has 1 rings (SSSR count). The van der Waals surface area contributed by atoms with Crippen molar-refractivity contribution in [1.29, 1.82) is 0 Å². The first-order chi connectivity index (χ1) is 9.92. The molecule has 0 radical (unpaired) electrons. The number of hydrogen-bond donors (Lipinski definition) is 2. The van der Waals surface area contributed by atoms with Gasteiger partial charge in [-0.3, -0.25) is 0 Å². The molecule has 1 heterocycles. The maximum absolute atomic E-state index is 4.61. The third-order valence-electron chi connectivity index (χ3n) is 3.19. The van der Waals surface area contributed by atoms with Crippen LogP contribution in [0.25, 0.3) is 0 Å². The Kier molecular flexibility index (Phi) is 7.43. The summed E-state index contributed by atoms with van der Waals surface area (Å²) < 4.78 is 0. The van der Waals surface area contributed by atoms with Crippen LogP contribution < -0.4 is 10.6 Å². The average molecular weight is 293 g/mol. The third-order valence-corrected chi connectivity index (χ3v) is 3.19. The molecule has 120 valence electrons. The lowest BCUT2D eigenvalue weighted by Gasteiger charge is -2.25. The van der Waals surface area contributed by atoms with Crippen LogP contribution in [0.2, 0.25) is 0 Å². The largest absolute Gasteiger partial charge is 0.366 e. The van der Waals surface area contributed by atoms with Gasteiger partial charge in [0.2, 0.25) is 5.95 Å². The summed E-state index contributed by atoms with van der Waals surface area (Å²) in [7, 11) is 4.21. The maximum atomic E-state index is 4.61. The fourth-order valence-electron chi connectivity index (χ4n) is 2.29. The molecule has 5 nitrogen and oxygen atoms in total. The van der Waals surface area contributed by atoms with Crippen LogP contribution >= 0.6 is 0 Å². The molecule has 0 saturated heterocycles. The van der Waals surface area contributed by atoms with E-state index in [0.29, 0.717) is 17.9 Å². The molecule has 0 saturated carbocycles. The van der Waals surface area contributed by atoms with Crippen molar-refractivity contribution in [1.82, 2.24) is 14.9 Å². The fraction of sp³-hybridized carbons (Fsp3) is 0.750. The van der Waals surface area contributed by atoms with Gasteiger partial charge in [-0.25, -0.2) is 4.98 Å². The summed E-state index contributed by atoms with van der Waals surface area (Å²) in [5.74, 6) is 2.30. The molecule has 5 heteroatoms. The maximum Gasteiger partial charge on any atom is 0.224 e. The van der Waals surface area contributed by atoms with Crippen molar-refractivity contribution in [3.63, 3.8) is 0 Å². The van der Waals surface area contributed by atoms with Gasteiger partial charge in [-0.15, -0.1) is 0 Å². The quantitative estimate of drug-likeness (QED) is 0.733. The van der Waals surface area contributed by atoms with Crippen LogP contribution in [-0.4, -0.2) is 48.1 Å². The second kappa shape index (κ2) is 8.82. The molecule has 0 amide bonds. The smallest absolute Gasteiger partial charge is 0.224 e. The van der Waals surface area contributed by atoms with Gasteiger partial charge in [0.25, 0.3) is 0 Å². The molecule has 1 unspecified atom stereocenters. The normalized spacial score (nSPS) is 12.8. The van der Waals surface area contributed by atoms with Gasteiger partial charge in [0.1, 0.15) is 5.82 Å². The van der Waals surface area contributed by atoms with Gasteiger partial charge in [-0.2, -0.15) is 4.98 Å². The zero-order valence-corrected chi connectivity index (χ0v) is 14.4. The highest BCUT2D eigenvalue weighted by atomic mass is 15.2. The monoisotopic (exact) mass is 293 g/mol. The fourth-order valence-corrected chi connectivity index (χ4v) is 2.29. The number of rotatable bonds is 9. The van der Waals surface area contributed by atoms with Gasteiger partial charge in [0.15, 0.2) is 0 Å². The molecule has 0 spiro atoms. The Morgan fingerprint density at radius 2 is 2.00 bits per heavy atom. The molecule has 2 N–H and O–H groups in total. The molecule has 1 aromatic rings. The van der Waals surface area contributed by atoms with E-state index in [1.165, 1.54) is 0 Å². The highest BCUT2D eigenvalue weighted by molar-refractivity contribution is 5.47. The zero-order chi connectivity index (χ0) is 15.8. The second-order valence-electron chi connectivity index (χ2n) is 6.39. The lowest BCUT2D eigenvalue weighted by atomic mass is 10.0. The Morgan fingerprint density at radius 3 is 2.57 bits per heavy atom. The van der Waals surface area contributed by atoms with Crippen molar-refractivity contribution in [3.8, 4) is 0 Å². The van der Waals surface area contributed by atoms with Crippen molar-refractivity contribution < 1.29 is 0 Å². The van der Waals surface area contributed by atoms with Gasteiger partial charge < -0.3 is 15.5 Å². The Hall–Kier alpha value is -1.36. The standard InChI is InChI=1S/C16H31N5/c1-7-8-17-16-18-10-13(4)15(20-16)19-14(9-12(2)3)11-21(5)6/h10,12,14H,7-9,11H2,1-6H3,(H2,17,18,19,20). The number of aromatic nitrogens is 2. The van der Waals surface area contributed by atoms with Crippen molar-refractivity contribution in [3.05, 3.63) is 11.8 Å². The molecule has 0 aliphatic carbocycles. The molecular weight excluding hydrogens is 262 g/mol. The van der Waals surface area contributed by atoms with Gasteiger partial charge in [0, 0.05) is 30.9 Å². The summed E-state index contributed by atoms with van der Waals surface area (Å²) in [6.45, 7) is 10.6. The lowest BCUT2D eigenvalue weighted by molar-refractivity contribution is 0.356. The van der Waals surface area contributed by atoms with E-state index in [4.69, 9.17) is 0 Å². The SMILES string of the molecule is CCCNc1ncc(C)c(NC(CC(C)C)CN(C)C)n1. The summed E-state index contributed by atoms with van der Waals surface area (Å²) in [4.78, 5) is 11.2. The van der Waals surface area contributed by atoms with Crippen molar-refractivity contribution in [2.24, 2.45) is 5.92 Å². The van der Waals surface area contributed by atoms with E-state index in [0.717, 1.165) is 37.3 Å². The van der Waals surface area contributed by atoms with Crippen LogP contribution in [-0.2, 0) is 0 Å². The predicted octanol–water partition coefficient (Wildman–Crippen LogP) is 3.00. The summed E-state index contributed by atoms with van der Waals surface area (Å²) in [5.41, 5.74) is 1.09. The van der Waals surface area contributed by atoms with E-state index in [1.54, 1.807) is 0 Å². The van der Waals surface area contributed by atoms with Crippen molar-refractivity contribution in [2.45, 2.75) is 46.6 Å². The molecule has 1 aromatic heterocycles. The molecule has 0 aliphatic heterocycles. The van der Waals surface area contributed by atoms with E-state index in [1.807, 2.05) is 13.1 Å². The molecule has 0 bridgehead atoms. The van der Waals surface area contributed by atoms with E-state index < -0.39 is 0 Å². The number of aryl methyl sites for hydroxylation is 1. The first-order valence-electron chi connectivity index (χ1n) is 7.91. The number of hydrogen-bond acceptors (Lipinski definition) is 5. The Morgan fingerprint density at radius 1 is 1.29 bits per heavy atom. The molecule has 1 atom stereocenters. The highest BCUT2D eigenvalue weighted by Crippen LogP contribution is 2.17. The zero-order valence-electron chi connectivity index (χ0n) is 14.4. The number of likely N-dealkylation sites (N-methyl/N-ethyl adjacent to an activating group) is 1. The minimum atomic E-state index is 0.396. The average Bonchev–Trinajstić information content (AvgIpc) is 2.38. The van der Waals surface area contributed by atoms with E-state index >= 15 is 0 Å². The molecule has 0 fully saturated rings. The summed E-state index contributed by atoms with van der Waals surface area (Å²) in [6.07, 6.45) is 4.07. The van der Waals surface area contributed by atoms with Gasteiger partial charge in [0.05, 0.1) is 0 Å². The van der Waals surface area contributed by atoms with E-state index in [2.05, 4.69) is 60.4 Å². The Balaban J connectivity index is 2.80. The highest BCUT2D eigenvalue weighted by Gasteiger charge is 2.14. The minimum Gasteiger partial charge on any atom is -0.366 e. The van der Waals surface area contributed by atoms with Crippen LogP contribution in [0.15, 0.2) is 6.20 Å².